The van der Waals surface area contributed by atoms with Crippen LogP contribution in [0.2, 0.25) is 0 Å². The second-order valence-corrected chi connectivity index (χ2v) is 9.14. The number of benzene rings is 2. The first-order valence-corrected chi connectivity index (χ1v) is 12.1. The van der Waals surface area contributed by atoms with Crippen LogP contribution in [0.5, 0.6) is 0 Å². The molecule has 190 valence electrons. The molecule has 0 saturated heterocycles. The van der Waals surface area contributed by atoms with Gasteiger partial charge in [0.15, 0.2) is 0 Å². The number of pyridine rings is 1. The van der Waals surface area contributed by atoms with E-state index in [1.54, 1.807) is 19.2 Å². The van der Waals surface area contributed by atoms with Gasteiger partial charge in [0, 0.05) is 19.3 Å². The van der Waals surface area contributed by atoms with Crippen LogP contribution in [-0.4, -0.2) is 17.9 Å². The van der Waals surface area contributed by atoms with E-state index >= 15 is 0 Å². The summed E-state index contributed by atoms with van der Waals surface area (Å²) in [5.74, 6) is -0.656. The van der Waals surface area contributed by atoms with E-state index in [9.17, 15) is 22.4 Å². The number of halogens is 4. The van der Waals surface area contributed by atoms with Crippen molar-refractivity contribution in [2.75, 3.05) is 7.05 Å². The summed E-state index contributed by atoms with van der Waals surface area (Å²) in [5.41, 5.74) is 4.00. The number of carbonyl (C=O) groups excluding carboxylic acids is 1. The molecule has 2 N–H and O–H groups in total. The summed E-state index contributed by atoms with van der Waals surface area (Å²) in [5, 5.41) is 6.10. The van der Waals surface area contributed by atoms with Gasteiger partial charge in [0.25, 0.3) is 0 Å². The number of alkyl halides is 3. The molecule has 2 unspecified atom stereocenters. The molecule has 0 radical (unpaired) electrons. The van der Waals surface area contributed by atoms with Crippen LogP contribution in [0.25, 0.3) is 0 Å². The Hall–Kier alpha value is -3.26. The highest BCUT2D eigenvalue weighted by atomic mass is 19.4. The first kappa shape index (κ1) is 25.8. The molecular weight excluding hydrogens is 470 g/mol. The van der Waals surface area contributed by atoms with E-state index in [-0.39, 0.29) is 11.9 Å². The maximum Gasteiger partial charge on any atom is 0.433 e. The number of amides is 1. The highest BCUT2D eigenvalue weighted by molar-refractivity contribution is 5.83. The minimum absolute atomic E-state index is 0.263. The third-order valence-corrected chi connectivity index (χ3v) is 6.69. The van der Waals surface area contributed by atoms with E-state index in [0.717, 1.165) is 37.3 Å². The van der Waals surface area contributed by atoms with Gasteiger partial charge in [-0.25, -0.2) is 4.39 Å². The van der Waals surface area contributed by atoms with E-state index in [4.69, 9.17) is 0 Å². The van der Waals surface area contributed by atoms with E-state index in [1.807, 2.05) is 0 Å². The highest BCUT2D eigenvalue weighted by Crippen LogP contribution is 2.30. The maximum atomic E-state index is 13.5. The number of nitrogens with one attached hydrogen (secondary N) is 2. The van der Waals surface area contributed by atoms with Gasteiger partial charge in [-0.1, -0.05) is 36.4 Å². The van der Waals surface area contributed by atoms with Gasteiger partial charge >= 0.3 is 6.18 Å². The Labute approximate surface area is 208 Å². The zero-order chi connectivity index (χ0) is 25.7. The van der Waals surface area contributed by atoms with Crippen LogP contribution in [0.4, 0.5) is 17.6 Å². The summed E-state index contributed by atoms with van der Waals surface area (Å²) in [6.45, 7) is 0. The summed E-state index contributed by atoms with van der Waals surface area (Å²) in [7, 11) is 1.54. The van der Waals surface area contributed by atoms with Crippen molar-refractivity contribution in [2.45, 2.75) is 56.8 Å². The van der Waals surface area contributed by atoms with Crippen LogP contribution in [-0.2, 0) is 30.2 Å². The van der Waals surface area contributed by atoms with Gasteiger partial charge in [0.1, 0.15) is 17.6 Å². The SMILES string of the molecule is CNC(=O)C(NC(CCc1ccc(C(F)(F)F)nc1)c1ccc2c(c1)CCCC2)c1ccc(F)cc1. The largest absolute Gasteiger partial charge is 0.433 e. The summed E-state index contributed by atoms with van der Waals surface area (Å²) in [6, 6.07) is 13.6. The molecule has 2 aromatic carbocycles. The summed E-state index contributed by atoms with van der Waals surface area (Å²) in [4.78, 5) is 16.4. The van der Waals surface area contributed by atoms with Crippen molar-refractivity contribution in [3.8, 4) is 0 Å². The number of fused-ring (bicyclic) bond motifs is 1. The summed E-state index contributed by atoms with van der Waals surface area (Å²) < 4.78 is 52.2. The van der Waals surface area contributed by atoms with Crippen molar-refractivity contribution in [3.63, 3.8) is 0 Å². The number of aryl methyl sites for hydroxylation is 3. The van der Waals surface area contributed by atoms with Crippen LogP contribution in [0.1, 0.15) is 64.9 Å². The fourth-order valence-corrected chi connectivity index (χ4v) is 4.69. The predicted molar refractivity (Wildman–Crippen MR) is 130 cm³/mol. The quantitative estimate of drug-likeness (QED) is 0.381. The topological polar surface area (TPSA) is 54.0 Å². The Morgan fingerprint density at radius 2 is 1.67 bits per heavy atom. The number of rotatable bonds is 8. The van der Waals surface area contributed by atoms with Crippen molar-refractivity contribution in [1.82, 2.24) is 15.6 Å². The summed E-state index contributed by atoms with van der Waals surface area (Å²) >= 11 is 0. The molecule has 2 atom stereocenters. The molecule has 4 nitrogen and oxygen atoms in total. The highest BCUT2D eigenvalue weighted by Gasteiger charge is 2.32. The van der Waals surface area contributed by atoms with Gasteiger partial charge in [0.2, 0.25) is 5.91 Å². The zero-order valence-corrected chi connectivity index (χ0v) is 20.0. The molecule has 1 aliphatic carbocycles. The monoisotopic (exact) mass is 499 g/mol. The molecule has 0 fully saturated rings. The van der Waals surface area contributed by atoms with Gasteiger partial charge in [-0.05, 0) is 84.5 Å². The minimum Gasteiger partial charge on any atom is -0.358 e. The Morgan fingerprint density at radius 3 is 2.31 bits per heavy atom. The van der Waals surface area contributed by atoms with Crippen molar-refractivity contribution < 1.29 is 22.4 Å². The van der Waals surface area contributed by atoms with Crippen LogP contribution in [0.3, 0.4) is 0 Å². The molecule has 36 heavy (non-hydrogen) atoms. The lowest BCUT2D eigenvalue weighted by atomic mass is 9.88. The molecule has 1 aliphatic rings. The van der Waals surface area contributed by atoms with Gasteiger partial charge in [-0.3, -0.25) is 15.1 Å². The van der Waals surface area contributed by atoms with E-state index in [1.165, 1.54) is 35.5 Å². The van der Waals surface area contributed by atoms with E-state index < -0.39 is 23.7 Å². The van der Waals surface area contributed by atoms with Crippen LogP contribution < -0.4 is 10.6 Å². The molecule has 0 saturated carbocycles. The predicted octanol–water partition coefficient (Wildman–Crippen LogP) is 5.87. The lowest BCUT2D eigenvalue weighted by molar-refractivity contribution is -0.141. The molecular formula is C28H29F4N3O. The van der Waals surface area contributed by atoms with Gasteiger partial charge in [-0.2, -0.15) is 13.2 Å². The van der Waals surface area contributed by atoms with Crippen LogP contribution >= 0.6 is 0 Å². The Kier molecular flexibility index (Phi) is 8.04. The molecule has 0 bridgehead atoms. The van der Waals surface area contributed by atoms with E-state index in [2.05, 4.69) is 33.8 Å². The number of aromatic nitrogens is 1. The molecule has 1 amide bonds. The number of hydrogen-bond acceptors (Lipinski definition) is 3. The molecule has 1 aromatic heterocycles. The van der Waals surface area contributed by atoms with Crippen LogP contribution in [0, 0.1) is 5.82 Å². The van der Waals surface area contributed by atoms with E-state index in [0.29, 0.717) is 24.0 Å². The fraction of sp³-hybridized carbons (Fsp3) is 0.357. The van der Waals surface area contributed by atoms with Gasteiger partial charge in [-0.15, -0.1) is 0 Å². The van der Waals surface area contributed by atoms with Crippen molar-refractivity contribution in [3.05, 3.63) is 100 Å². The molecule has 0 aliphatic heterocycles. The van der Waals surface area contributed by atoms with Crippen molar-refractivity contribution >= 4 is 5.91 Å². The fourth-order valence-electron chi connectivity index (χ4n) is 4.69. The standard InChI is InChI=1S/C28H29F4N3O/c1-33-27(36)26(20-10-12-23(29)13-11-20)35-24(22-9-8-19-4-2-3-5-21(19)16-22)14-6-18-7-15-25(34-17-18)28(30,31)32/h7-13,15-17,24,26,35H,2-6,14H2,1H3,(H,33,36). The lowest BCUT2D eigenvalue weighted by Crippen LogP contribution is -2.38. The number of carbonyl (C=O) groups is 1. The molecule has 4 rings (SSSR count). The summed E-state index contributed by atoms with van der Waals surface area (Å²) in [6.07, 6.45) is 2.09. The van der Waals surface area contributed by atoms with Gasteiger partial charge < -0.3 is 5.32 Å². The average Bonchev–Trinajstić information content (AvgIpc) is 2.88. The average molecular weight is 500 g/mol. The Morgan fingerprint density at radius 1 is 0.972 bits per heavy atom. The first-order chi connectivity index (χ1) is 17.2. The van der Waals surface area contributed by atoms with Gasteiger partial charge in [0.05, 0.1) is 0 Å². The third-order valence-electron chi connectivity index (χ3n) is 6.69. The number of hydrogen-bond donors (Lipinski definition) is 2. The van der Waals surface area contributed by atoms with Crippen molar-refractivity contribution in [1.29, 1.82) is 0 Å². The molecule has 0 spiro atoms. The normalized spacial score (nSPS) is 15.1. The molecule has 3 aromatic rings. The lowest BCUT2D eigenvalue weighted by Gasteiger charge is -2.27. The molecule has 8 heteroatoms. The zero-order valence-electron chi connectivity index (χ0n) is 20.0. The third kappa shape index (κ3) is 6.29. The smallest absolute Gasteiger partial charge is 0.358 e. The number of nitrogens with zero attached hydrogens (tertiary/aromatic N) is 1. The second kappa shape index (κ2) is 11.2. The Bertz CT molecular complexity index is 1180. The van der Waals surface area contributed by atoms with Crippen molar-refractivity contribution in [2.24, 2.45) is 0 Å². The molecule has 1 heterocycles. The second-order valence-electron chi connectivity index (χ2n) is 9.14. The Balaban J connectivity index is 1.61. The van der Waals surface area contributed by atoms with Crippen LogP contribution in [0.15, 0.2) is 60.8 Å². The number of likely N-dealkylation sites (N-methyl/N-ethyl adjacent to an activating group) is 1. The first-order valence-electron chi connectivity index (χ1n) is 12.1. The minimum atomic E-state index is -4.48. The maximum absolute atomic E-state index is 13.5.